The number of nitrogens with one attached hydrogen (secondary N) is 1. The fourth-order valence-corrected chi connectivity index (χ4v) is 2.49. The first-order valence-corrected chi connectivity index (χ1v) is 7.11. The van der Waals surface area contributed by atoms with Gasteiger partial charge in [0.15, 0.2) is 0 Å². The molecule has 0 radical (unpaired) electrons. The maximum absolute atomic E-state index is 11.7. The molecule has 1 fully saturated rings. The second-order valence-electron chi connectivity index (χ2n) is 5.58. The molecule has 1 N–H and O–H groups in total. The predicted octanol–water partition coefficient (Wildman–Crippen LogP) is 1.43. The third-order valence-corrected chi connectivity index (χ3v) is 3.36. The van der Waals surface area contributed by atoms with Gasteiger partial charge >= 0.3 is 6.09 Å². The number of hydrogen-bond acceptors (Lipinski definition) is 7. The Morgan fingerprint density at radius 2 is 2.32 bits per heavy atom. The molecule has 0 bridgehead atoms. The number of ether oxygens (including phenoxy) is 1. The fraction of sp³-hybridized carbons (Fsp3) is 0.818. The number of nitrogens with zero attached hydrogens (tertiary/aromatic N) is 4. The van der Waals surface area contributed by atoms with Crippen LogP contribution in [0.4, 0.5) is 9.93 Å². The van der Waals surface area contributed by atoms with E-state index >= 15 is 0 Å². The Morgan fingerprint density at radius 3 is 2.95 bits per heavy atom. The lowest BCUT2D eigenvalue weighted by Gasteiger charge is -2.32. The Hall–Kier alpha value is -1.44. The van der Waals surface area contributed by atoms with E-state index in [9.17, 15) is 4.79 Å². The van der Waals surface area contributed by atoms with Crippen LogP contribution in [0.2, 0.25) is 0 Å². The Balaban J connectivity index is 1.86. The van der Waals surface area contributed by atoms with Gasteiger partial charge in [-0.05, 0) is 38.8 Å². The highest BCUT2D eigenvalue weighted by Gasteiger charge is 2.25. The number of anilines is 1. The Bertz CT molecular complexity index is 417. The van der Waals surface area contributed by atoms with Crippen LogP contribution in [-0.2, 0) is 4.74 Å². The molecule has 8 heteroatoms. The molecular formula is C11H19N5O2S. The predicted molar refractivity (Wildman–Crippen MR) is 72.3 cm³/mol. The number of aromatic nitrogens is 3. The summed E-state index contributed by atoms with van der Waals surface area (Å²) in [7, 11) is 0. The van der Waals surface area contributed by atoms with Crippen molar-refractivity contribution in [1.82, 2.24) is 20.1 Å². The summed E-state index contributed by atoms with van der Waals surface area (Å²) in [4.78, 5) is 13.8. The van der Waals surface area contributed by atoms with Crippen LogP contribution in [0, 0.1) is 0 Å². The number of carbonyl (C=O) groups excluding carboxylic acids is 1. The summed E-state index contributed by atoms with van der Waals surface area (Å²) in [6.45, 7) is 7.20. The van der Waals surface area contributed by atoms with Crippen LogP contribution in [-0.4, -0.2) is 45.6 Å². The maximum Gasteiger partial charge on any atom is 0.407 e. The molecule has 0 aliphatic carbocycles. The largest absolute Gasteiger partial charge is 0.444 e. The van der Waals surface area contributed by atoms with Crippen molar-refractivity contribution in [2.24, 2.45) is 0 Å². The van der Waals surface area contributed by atoms with E-state index in [2.05, 4.69) is 25.0 Å². The molecule has 1 aliphatic heterocycles. The van der Waals surface area contributed by atoms with Gasteiger partial charge in [0.2, 0.25) is 5.13 Å². The quantitative estimate of drug-likeness (QED) is 0.885. The first-order chi connectivity index (χ1) is 8.94. The molecule has 1 saturated heterocycles. The molecule has 0 aromatic carbocycles. The molecular weight excluding hydrogens is 266 g/mol. The first kappa shape index (κ1) is 14.0. The van der Waals surface area contributed by atoms with Gasteiger partial charge in [-0.3, -0.25) is 0 Å². The number of hydrogen-bond donors (Lipinski definition) is 1. The molecule has 1 unspecified atom stereocenters. The first-order valence-electron chi connectivity index (χ1n) is 6.33. The minimum Gasteiger partial charge on any atom is -0.444 e. The van der Waals surface area contributed by atoms with Crippen molar-refractivity contribution in [2.45, 2.75) is 45.3 Å². The smallest absolute Gasteiger partial charge is 0.407 e. The Kier molecular flexibility index (Phi) is 4.18. The standard InChI is InChI=1S/C11H19N5O2S/c1-11(2,3)18-10(17)12-8-5-4-6-16(7-8)9-13-14-15-19-9/h8H,4-7H2,1-3H3,(H,12,17). The second-order valence-corrected chi connectivity index (χ2v) is 6.29. The highest BCUT2D eigenvalue weighted by molar-refractivity contribution is 7.09. The lowest BCUT2D eigenvalue weighted by molar-refractivity contribution is 0.0500. The molecule has 0 saturated carbocycles. The van der Waals surface area contributed by atoms with E-state index in [1.165, 1.54) is 11.5 Å². The average molecular weight is 285 g/mol. The molecule has 19 heavy (non-hydrogen) atoms. The molecule has 7 nitrogen and oxygen atoms in total. The van der Waals surface area contributed by atoms with Crippen LogP contribution in [0.15, 0.2) is 0 Å². The molecule has 106 valence electrons. The molecule has 2 rings (SSSR count). The van der Waals surface area contributed by atoms with E-state index in [1.54, 1.807) is 0 Å². The number of carbonyl (C=O) groups is 1. The van der Waals surface area contributed by atoms with Gasteiger partial charge in [-0.2, -0.15) is 0 Å². The van der Waals surface area contributed by atoms with Crippen molar-refractivity contribution in [2.75, 3.05) is 18.0 Å². The van der Waals surface area contributed by atoms with Crippen LogP contribution in [0.25, 0.3) is 0 Å². The summed E-state index contributed by atoms with van der Waals surface area (Å²) in [6.07, 6.45) is 1.58. The summed E-state index contributed by atoms with van der Waals surface area (Å²) >= 11 is 1.27. The van der Waals surface area contributed by atoms with Crippen LogP contribution < -0.4 is 10.2 Å². The molecule has 1 amide bonds. The van der Waals surface area contributed by atoms with Gasteiger partial charge in [0.05, 0.1) is 0 Å². The number of amides is 1. The molecule has 0 spiro atoms. The summed E-state index contributed by atoms with van der Waals surface area (Å²) in [5.74, 6) is 0. The minimum absolute atomic E-state index is 0.0764. The van der Waals surface area contributed by atoms with Gasteiger partial charge in [-0.15, -0.1) is 0 Å². The van der Waals surface area contributed by atoms with E-state index in [1.807, 2.05) is 20.8 Å². The zero-order chi connectivity index (χ0) is 13.9. The van der Waals surface area contributed by atoms with Crippen LogP contribution in [0.1, 0.15) is 33.6 Å². The van der Waals surface area contributed by atoms with E-state index in [-0.39, 0.29) is 12.1 Å². The van der Waals surface area contributed by atoms with Gasteiger partial charge in [0.25, 0.3) is 0 Å². The summed E-state index contributed by atoms with van der Waals surface area (Å²) in [5.41, 5.74) is -0.471. The summed E-state index contributed by atoms with van der Waals surface area (Å²) < 4.78 is 9.02. The van der Waals surface area contributed by atoms with E-state index in [0.717, 1.165) is 31.1 Å². The summed E-state index contributed by atoms with van der Waals surface area (Å²) in [6, 6.07) is 0.0764. The van der Waals surface area contributed by atoms with Gasteiger partial charge in [-0.1, -0.05) is 9.59 Å². The van der Waals surface area contributed by atoms with E-state index < -0.39 is 5.60 Å². The lowest BCUT2D eigenvalue weighted by atomic mass is 10.1. The van der Waals surface area contributed by atoms with Crippen molar-refractivity contribution in [3.63, 3.8) is 0 Å². The Morgan fingerprint density at radius 1 is 1.53 bits per heavy atom. The van der Waals surface area contributed by atoms with Gasteiger partial charge in [-0.25, -0.2) is 4.79 Å². The highest BCUT2D eigenvalue weighted by atomic mass is 32.1. The lowest BCUT2D eigenvalue weighted by Crippen LogP contribution is -2.49. The SMILES string of the molecule is CC(C)(C)OC(=O)NC1CCCN(c2nnns2)C1. The van der Waals surface area contributed by atoms with Crippen molar-refractivity contribution in [1.29, 1.82) is 0 Å². The van der Waals surface area contributed by atoms with E-state index in [0.29, 0.717) is 0 Å². The number of rotatable bonds is 2. The molecule has 1 aromatic heterocycles. The summed E-state index contributed by atoms with van der Waals surface area (Å²) in [5, 5.41) is 11.3. The maximum atomic E-state index is 11.7. The highest BCUT2D eigenvalue weighted by Crippen LogP contribution is 2.19. The van der Waals surface area contributed by atoms with Crippen molar-refractivity contribution in [3.8, 4) is 0 Å². The van der Waals surface area contributed by atoms with Crippen molar-refractivity contribution < 1.29 is 9.53 Å². The molecule has 1 atom stereocenters. The Labute approximate surface area is 116 Å². The normalized spacial score (nSPS) is 20.2. The fourth-order valence-electron chi connectivity index (χ4n) is 1.99. The van der Waals surface area contributed by atoms with Crippen LogP contribution >= 0.6 is 11.5 Å². The number of alkyl carbamates (subject to hydrolysis) is 1. The topological polar surface area (TPSA) is 80.2 Å². The second kappa shape index (κ2) is 5.68. The van der Waals surface area contributed by atoms with Gasteiger partial charge in [0.1, 0.15) is 5.60 Å². The third-order valence-electron chi connectivity index (χ3n) is 2.70. The van der Waals surface area contributed by atoms with Gasteiger partial charge in [0, 0.05) is 30.7 Å². The third kappa shape index (κ3) is 4.30. The number of piperidine rings is 1. The monoisotopic (exact) mass is 285 g/mol. The van der Waals surface area contributed by atoms with E-state index in [4.69, 9.17) is 4.74 Å². The molecule has 2 heterocycles. The van der Waals surface area contributed by atoms with Crippen molar-refractivity contribution in [3.05, 3.63) is 0 Å². The minimum atomic E-state index is -0.471. The van der Waals surface area contributed by atoms with Gasteiger partial charge < -0.3 is 15.0 Å². The van der Waals surface area contributed by atoms with Crippen molar-refractivity contribution >= 4 is 22.8 Å². The van der Waals surface area contributed by atoms with Crippen LogP contribution in [0.3, 0.4) is 0 Å². The molecule has 1 aromatic rings. The average Bonchev–Trinajstić information content (AvgIpc) is 2.79. The van der Waals surface area contributed by atoms with Crippen LogP contribution in [0.5, 0.6) is 0 Å². The zero-order valence-electron chi connectivity index (χ0n) is 11.4. The molecule has 1 aliphatic rings. The zero-order valence-corrected chi connectivity index (χ0v) is 12.2.